The molecule has 0 saturated heterocycles. The van der Waals surface area contributed by atoms with E-state index in [-0.39, 0.29) is 0 Å². The van der Waals surface area contributed by atoms with Crippen LogP contribution >= 0.6 is 0 Å². The van der Waals surface area contributed by atoms with Crippen molar-refractivity contribution in [3.63, 3.8) is 0 Å². The zero-order valence-corrected chi connectivity index (χ0v) is 9.39. The molecule has 2 aliphatic rings. The summed E-state index contributed by atoms with van der Waals surface area (Å²) in [5.41, 5.74) is 1.51. The molecule has 2 bridgehead atoms. The number of benzene rings is 1. The van der Waals surface area contributed by atoms with Gasteiger partial charge in [-0.15, -0.1) is 0 Å². The Morgan fingerprint density at radius 1 is 1.25 bits per heavy atom. The minimum absolute atomic E-state index is 0.631. The Morgan fingerprint density at radius 3 is 2.81 bits per heavy atom. The lowest BCUT2D eigenvalue weighted by Gasteiger charge is -2.38. The summed E-state index contributed by atoms with van der Waals surface area (Å²) in [4.78, 5) is 4.58. The average molecular weight is 215 g/mol. The molecule has 3 rings (SSSR count). The Bertz CT molecular complexity index is 412. The van der Waals surface area contributed by atoms with E-state index in [1.54, 1.807) is 0 Å². The topological polar surface area (TPSA) is 32.6 Å². The molecule has 0 amide bonds. The number of hydrogen-bond donors (Lipinski definition) is 1. The van der Waals surface area contributed by atoms with Crippen molar-refractivity contribution >= 4 is 5.71 Å². The molecule has 1 fully saturated rings. The summed E-state index contributed by atoms with van der Waals surface area (Å²) in [6.07, 6.45) is 5.09. The van der Waals surface area contributed by atoms with Gasteiger partial charge in [0.1, 0.15) is 0 Å². The quantitative estimate of drug-likeness (QED) is 0.767. The van der Waals surface area contributed by atoms with Gasteiger partial charge >= 0.3 is 0 Å². The molecule has 16 heavy (non-hydrogen) atoms. The zero-order chi connectivity index (χ0) is 11.0. The van der Waals surface area contributed by atoms with Gasteiger partial charge in [0.05, 0.1) is 0 Å². The van der Waals surface area contributed by atoms with Gasteiger partial charge in [-0.05, 0) is 43.6 Å². The summed E-state index contributed by atoms with van der Waals surface area (Å²) in [6.45, 7) is 0. The number of aliphatic imine (C=N–C) groups is 1. The first-order valence-corrected chi connectivity index (χ1v) is 6.12. The molecule has 1 N–H and O–H groups in total. The van der Waals surface area contributed by atoms with Crippen molar-refractivity contribution in [1.29, 1.82) is 0 Å². The minimum Gasteiger partial charge on any atom is -0.369 e. The lowest BCUT2D eigenvalue weighted by Crippen LogP contribution is -2.39. The van der Waals surface area contributed by atoms with Crippen LogP contribution in [0.2, 0.25) is 0 Å². The predicted octanol–water partition coefficient (Wildman–Crippen LogP) is 2.76. The van der Waals surface area contributed by atoms with Gasteiger partial charge in [-0.25, -0.2) is 0 Å². The highest BCUT2D eigenvalue weighted by atomic mass is 16.3. The molecule has 84 valence electrons. The highest BCUT2D eigenvalue weighted by Gasteiger charge is 2.38. The summed E-state index contributed by atoms with van der Waals surface area (Å²) < 4.78 is 0. The lowest BCUT2D eigenvalue weighted by molar-refractivity contribution is -0.0132. The maximum Gasteiger partial charge on any atom is 0.156 e. The van der Waals surface area contributed by atoms with Crippen LogP contribution in [0.25, 0.3) is 0 Å². The number of aliphatic hydroxyl groups is 1. The molecule has 1 aliphatic carbocycles. The summed E-state index contributed by atoms with van der Waals surface area (Å²) in [5, 5.41) is 10.3. The van der Waals surface area contributed by atoms with Gasteiger partial charge in [0.25, 0.3) is 0 Å². The van der Waals surface area contributed by atoms with E-state index >= 15 is 0 Å². The molecule has 2 unspecified atom stereocenters. The summed E-state index contributed by atoms with van der Waals surface area (Å²) in [7, 11) is 0. The average Bonchev–Trinajstić information content (AvgIpc) is 2.28. The standard InChI is InChI=1S/C14H17NO/c16-14-8-4-5-11(10-14)9-13(15-14)12-6-2-1-3-7-12/h1-3,6-7,11,16H,4-5,8-10H2. The van der Waals surface area contributed by atoms with Crippen LogP contribution in [0.15, 0.2) is 35.3 Å². The fourth-order valence-electron chi connectivity index (χ4n) is 3.00. The van der Waals surface area contributed by atoms with E-state index in [0.29, 0.717) is 5.92 Å². The van der Waals surface area contributed by atoms with Crippen molar-refractivity contribution in [2.24, 2.45) is 10.9 Å². The molecule has 2 nitrogen and oxygen atoms in total. The number of rotatable bonds is 1. The Kier molecular flexibility index (Phi) is 2.32. The van der Waals surface area contributed by atoms with Crippen molar-refractivity contribution in [3.8, 4) is 0 Å². The summed E-state index contributed by atoms with van der Waals surface area (Å²) in [5.74, 6) is 0.631. The van der Waals surface area contributed by atoms with Crippen LogP contribution in [0.5, 0.6) is 0 Å². The Morgan fingerprint density at radius 2 is 2.06 bits per heavy atom. The van der Waals surface area contributed by atoms with Gasteiger partial charge in [-0.3, -0.25) is 4.99 Å². The minimum atomic E-state index is -0.758. The van der Waals surface area contributed by atoms with Crippen molar-refractivity contribution in [2.75, 3.05) is 0 Å². The van der Waals surface area contributed by atoms with Crippen LogP contribution in [0.1, 0.15) is 37.7 Å². The highest BCUT2D eigenvalue weighted by molar-refractivity contribution is 6.01. The molecule has 1 aromatic carbocycles. The molecular formula is C14H17NO. The van der Waals surface area contributed by atoms with Crippen LogP contribution in [-0.4, -0.2) is 16.5 Å². The van der Waals surface area contributed by atoms with Gasteiger partial charge in [0.15, 0.2) is 5.72 Å². The van der Waals surface area contributed by atoms with E-state index in [4.69, 9.17) is 0 Å². The zero-order valence-electron chi connectivity index (χ0n) is 9.39. The lowest BCUT2D eigenvalue weighted by atomic mass is 9.77. The first-order valence-electron chi connectivity index (χ1n) is 6.12. The van der Waals surface area contributed by atoms with Crippen LogP contribution in [0.4, 0.5) is 0 Å². The largest absolute Gasteiger partial charge is 0.369 e. The van der Waals surface area contributed by atoms with Crippen LogP contribution in [0, 0.1) is 5.92 Å². The molecule has 2 heteroatoms. The Hall–Kier alpha value is -1.15. The van der Waals surface area contributed by atoms with Crippen molar-refractivity contribution in [3.05, 3.63) is 35.9 Å². The van der Waals surface area contributed by atoms with E-state index < -0.39 is 5.72 Å². The van der Waals surface area contributed by atoms with E-state index in [1.807, 2.05) is 18.2 Å². The molecule has 0 spiro atoms. The van der Waals surface area contributed by atoms with E-state index in [9.17, 15) is 5.11 Å². The van der Waals surface area contributed by atoms with Gasteiger partial charge in [-0.2, -0.15) is 0 Å². The predicted molar refractivity (Wildman–Crippen MR) is 64.5 cm³/mol. The maximum atomic E-state index is 10.3. The highest BCUT2D eigenvalue weighted by Crippen LogP contribution is 2.40. The van der Waals surface area contributed by atoms with Crippen molar-refractivity contribution in [2.45, 2.75) is 37.8 Å². The van der Waals surface area contributed by atoms with Crippen molar-refractivity contribution in [1.82, 2.24) is 0 Å². The SMILES string of the molecule is OC12CCCC(CC(c3ccccc3)=N1)C2. The Labute approximate surface area is 96.0 Å². The third-order valence-corrected chi connectivity index (χ3v) is 3.74. The maximum absolute atomic E-state index is 10.3. The number of hydrogen-bond acceptors (Lipinski definition) is 2. The van der Waals surface area contributed by atoms with E-state index in [1.165, 1.54) is 12.0 Å². The third-order valence-electron chi connectivity index (χ3n) is 3.74. The number of nitrogens with zero attached hydrogens (tertiary/aromatic N) is 1. The fraction of sp³-hybridized carbons (Fsp3) is 0.500. The molecule has 1 heterocycles. The van der Waals surface area contributed by atoms with Crippen LogP contribution in [0.3, 0.4) is 0 Å². The molecular weight excluding hydrogens is 198 g/mol. The molecule has 1 saturated carbocycles. The van der Waals surface area contributed by atoms with Gasteiger partial charge in [0.2, 0.25) is 0 Å². The first kappa shape index (κ1) is 10.0. The molecule has 2 atom stereocenters. The molecule has 0 aromatic heterocycles. The van der Waals surface area contributed by atoms with Crippen LogP contribution in [-0.2, 0) is 0 Å². The Balaban J connectivity index is 1.97. The second-order valence-electron chi connectivity index (χ2n) is 5.07. The van der Waals surface area contributed by atoms with Gasteiger partial charge in [-0.1, -0.05) is 30.3 Å². The summed E-state index contributed by atoms with van der Waals surface area (Å²) in [6, 6.07) is 10.3. The third kappa shape index (κ3) is 1.78. The van der Waals surface area contributed by atoms with E-state index in [0.717, 1.165) is 31.4 Å². The smallest absolute Gasteiger partial charge is 0.156 e. The fourth-order valence-corrected chi connectivity index (χ4v) is 3.00. The summed E-state index contributed by atoms with van der Waals surface area (Å²) >= 11 is 0. The van der Waals surface area contributed by atoms with Crippen molar-refractivity contribution < 1.29 is 5.11 Å². The van der Waals surface area contributed by atoms with Gasteiger partial charge in [0, 0.05) is 5.71 Å². The van der Waals surface area contributed by atoms with Gasteiger partial charge < -0.3 is 5.11 Å². The number of fused-ring (bicyclic) bond motifs is 2. The first-order chi connectivity index (χ1) is 7.75. The normalized spacial score (nSPS) is 33.3. The molecule has 1 aliphatic heterocycles. The van der Waals surface area contributed by atoms with E-state index in [2.05, 4.69) is 17.1 Å². The van der Waals surface area contributed by atoms with Crippen LogP contribution < -0.4 is 0 Å². The molecule has 1 aromatic rings. The second-order valence-corrected chi connectivity index (χ2v) is 5.07. The monoisotopic (exact) mass is 215 g/mol. The second kappa shape index (κ2) is 3.70. The molecule has 0 radical (unpaired) electrons.